The van der Waals surface area contributed by atoms with Crippen LogP contribution in [0.1, 0.15) is 59.8 Å². The first kappa shape index (κ1) is 16.4. The highest BCUT2D eigenvalue weighted by atomic mass is 16.3. The molecule has 5 aliphatic rings. The second-order valence-electron chi connectivity index (χ2n) is 9.87. The van der Waals surface area contributed by atoms with Crippen LogP contribution in [0.3, 0.4) is 0 Å². The van der Waals surface area contributed by atoms with E-state index in [-0.39, 0.29) is 6.35 Å². The van der Waals surface area contributed by atoms with Gasteiger partial charge in [-0.25, -0.2) is 0 Å². The molecule has 0 aromatic rings. The van der Waals surface area contributed by atoms with Gasteiger partial charge in [-0.15, -0.1) is 0 Å². The third kappa shape index (κ3) is 2.77. The Bertz CT molecular complexity index is 407. The lowest BCUT2D eigenvalue weighted by Crippen LogP contribution is -2.58. The van der Waals surface area contributed by atoms with E-state index >= 15 is 0 Å². The molecule has 3 nitrogen and oxygen atoms in total. The van der Waals surface area contributed by atoms with Gasteiger partial charge in [-0.1, -0.05) is 27.7 Å². The summed E-state index contributed by atoms with van der Waals surface area (Å²) in [6.07, 6.45) is 6.94. The molecule has 1 heterocycles. The molecular weight excluding hydrogens is 284 g/mol. The second-order valence-corrected chi connectivity index (χ2v) is 9.87. The van der Waals surface area contributed by atoms with Crippen molar-refractivity contribution in [3.63, 3.8) is 0 Å². The maximum atomic E-state index is 11.2. The third-order valence-electron chi connectivity index (χ3n) is 7.32. The van der Waals surface area contributed by atoms with Crippen molar-refractivity contribution in [1.29, 1.82) is 0 Å². The first-order chi connectivity index (χ1) is 10.9. The zero-order valence-electron chi connectivity index (χ0n) is 15.5. The minimum Gasteiger partial charge on any atom is -0.365 e. The van der Waals surface area contributed by atoms with E-state index in [1.54, 1.807) is 0 Å². The predicted octanol–water partition coefficient (Wildman–Crippen LogP) is 3.39. The number of rotatable bonds is 4. The molecule has 2 atom stereocenters. The van der Waals surface area contributed by atoms with Gasteiger partial charge in [0.1, 0.15) is 0 Å². The van der Waals surface area contributed by atoms with Crippen LogP contribution < -0.4 is 0 Å². The zero-order valence-corrected chi connectivity index (χ0v) is 15.5. The van der Waals surface area contributed by atoms with E-state index < -0.39 is 0 Å². The average Bonchev–Trinajstić information content (AvgIpc) is 2.75. The fourth-order valence-electron chi connectivity index (χ4n) is 6.74. The van der Waals surface area contributed by atoms with Gasteiger partial charge >= 0.3 is 0 Å². The smallest absolute Gasteiger partial charge is 0.166 e. The molecule has 1 aliphatic heterocycles. The highest BCUT2D eigenvalue weighted by Gasteiger charge is 2.54. The Hall–Kier alpha value is -0.120. The van der Waals surface area contributed by atoms with Crippen LogP contribution in [0.4, 0.5) is 0 Å². The molecule has 5 fully saturated rings. The Morgan fingerprint density at radius 3 is 1.96 bits per heavy atom. The quantitative estimate of drug-likeness (QED) is 0.860. The van der Waals surface area contributed by atoms with Crippen LogP contribution in [0.5, 0.6) is 0 Å². The van der Waals surface area contributed by atoms with Crippen LogP contribution >= 0.6 is 0 Å². The number of nitrogens with zero attached hydrogens (tertiary/aromatic N) is 2. The summed E-state index contributed by atoms with van der Waals surface area (Å²) < 4.78 is 0. The van der Waals surface area contributed by atoms with Crippen molar-refractivity contribution in [2.75, 3.05) is 13.1 Å². The van der Waals surface area contributed by atoms with Gasteiger partial charge < -0.3 is 5.11 Å². The molecular formula is C20H36N2O. The van der Waals surface area contributed by atoms with E-state index in [1.807, 2.05) is 0 Å². The molecule has 132 valence electrons. The highest BCUT2D eigenvalue weighted by molar-refractivity contribution is 5.04. The number of aliphatic hydroxyl groups is 1. The van der Waals surface area contributed by atoms with Crippen molar-refractivity contribution >= 4 is 0 Å². The predicted molar refractivity (Wildman–Crippen MR) is 93.7 cm³/mol. The zero-order chi connectivity index (χ0) is 16.3. The normalized spacial score (nSPS) is 47.3. The molecule has 0 aromatic carbocycles. The Labute approximate surface area is 142 Å². The van der Waals surface area contributed by atoms with E-state index in [0.29, 0.717) is 23.9 Å². The third-order valence-corrected chi connectivity index (χ3v) is 7.32. The summed E-state index contributed by atoms with van der Waals surface area (Å²) >= 11 is 0. The molecule has 3 heteroatoms. The van der Waals surface area contributed by atoms with Crippen molar-refractivity contribution in [2.24, 2.45) is 35.5 Å². The molecule has 4 bridgehead atoms. The van der Waals surface area contributed by atoms with Gasteiger partial charge in [0.15, 0.2) is 6.35 Å². The van der Waals surface area contributed by atoms with E-state index in [1.165, 1.54) is 32.1 Å². The van der Waals surface area contributed by atoms with Gasteiger partial charge in [-0.2, -0.15) is 0 Å². The molecule has 4 saturated carbocycles. The lowest BCUT2D eigenvalue weighted by molar-refractivity contribution is -0.141. The monoisotopic (exact) mass is 320 g/mol. The van der Waals surface area contributed by atoms with Crippen LogP contribution in [0, 0.1) is 35.5 Å². The minimum absolute atomic E-state index is 0.340. The van der Waals surface area contributed by atoms with Crippen LogP contribution in [-0.2, 0) is 0 Å². The topological polar surface area (TPSA) is 26.7 Å². The SMILES string of the molecule is CC(C)CN1C(C(C)C)CN(C2C3CC4CC(C3)CC2C4)C1O. The van der Waals surface area contributed by atoms with Crippen LogP contribution in [0.15, 0.2) is 0 Å². The molecule has 5 rings (SSSR count). The lowest BCUT2D eigenvalue weighted by atomic mass is 9.54. The maximum absolute atomic E-state index is 11.2. The van der Waals surface area contributed by atoms with Gasteiger partial charge in [0, 0.05) is 25.2 Å². The van der Waals surface area contributed by atoms with Crippen molar-refractivity contribution in [3.8, 4) is 0 Å². The van der Waals surface area contributed by atoms with E-state index in [0.717, 1.165) is 36.8 Å². The summed E-state index contributed by atoms with van der Waals surface area (Å²) in [5.41, 5.74) is 0. The van der Waals surface area contributed by atoms with Crippen molar-refractivity contribution in [2.45, 2.75) is 78.2 Å². The van der Waals surface area contributed by atoms with Gasteiger partial charge in [0.25, 0.3) is 0 Å². The molecule has 23 heavy (non-hydrogen) atoms. The first-order valence-corrected chi connectivity index (χ1v) is 10.1. The number of aliphatic hydroxyl groups excluding tert-OH is 1. The molecule has 0 amide bonds. The highest BCUT2D eigenvalue weighted by Crippen LogP contribution is 2.56. The van der Waals surface area contributed by atoms with Gasteiger partial charge in [-0.3, -0.25) is 9.80 Å². The standard InChI is InChI=1S/C20H36N2O/c1-12(2)10-21-18(13(3)4)11-22(20(21)23)19-16-6-14-5-15(8-16)9-17(19)7-14/h12-20,23H,5-11H2,1-4H3. The molecule has 0 aromatic heterocycles. The minimum atomic E-state index is -0.340. The largest absolute Gasteiger partial charge is 0.365 e. The van der Waals surface area contributed by atoms with Crippen molar-refractivity contribution < 1.29 is 5.11 Å². The van der Waals surface area contributed by atoms with E-state index in [4.69, 9.17) is 0 Å². The van der Waals surface area contributed by atoms with Crippen molar-refractivity contribution in [3.05, 3.63) is 0 Å². The lowest BCUT2D eigenvalue weighted by Gasteiger charge is -2.57. The van der Waals surface area contributed by atoms with E-state index in [9.17, 15) is 5.11 Å². The van der Waals surface area contributed by atoms with Crippen molar-refractivity contribution in [1.82, 2.24) is 9.80 Å². The summed E-state index contributed by atoms with van der Waals surface area (Å²) in [7, 11) is 0. The molecule has 0 radical (unpaired) electrons. The summed E-state index contributed by atoms with van der Waals surface area (Å²) in [4.78, 5) is 4.93. The Balaban J connectivity index is 1.54. The van der Waals surface area contributed by atoms with Gasteiger partial charge in [0.2, 0.25) is 0 Å². The Morgan fingerprint density at radius 1 is 0.913 bits per heavy atom. The number of hydrogen-bond acceptors (Lipinski definition) is 3. The molecule has 0 spiro atoms. The summed E-state index contributed by atoms with van der Waals surface area (Å²) in [5, 5.41) is 11.2. The molecule has 1 saturated heterocycles. The summed E-state index contributed by atoms with van der Waals surface area (Å²) in [6, 6.07) is 1.18. The van der Waals surface area contributed by atoms with Gasteiger partial charge in [-0.05, 0) is 67.6 Å². The van der Waals surface area contributed by atoms with Gasteiger partial charge in [0.05, 0.1) is 0 Å². The fourth-order valence-corrected chi connectivity index (χ4v) is 6.74. The van der Waals surface area contributed by atoms with Crippen LogP contribution in [-0.4, -0.2) is 46.4 Å². The van der Waals surface area contributed by atoms with E-state index in [2.05, 4.69) is 37.5 Å². The Morgan fingerprint density at radius 2 is 1.48 bits per heavy atom. The molecule has 4 aliphatic carbocycles. The molecule has 1 N–H and O–H groups in total. The fraction of sp³-hybridized carbons (Fsp3) is 1.00. The molecule has 2 unspecified atom stereocenters. The second kappa shape index (κ2) is 6.00. The maximum Gasteiger partial charge on any atom is 0.166 e. The first-order valence-electron chi connectivity index (χ1n) is 10.1. The number of hydrogen-bond donors (Lipinski definition) is 1. The van der Waals surface area contributed by atoms with Crippen LogP contribution in [0.2, 0.25) is 0 Å². The van der Waals surface area contributed by atoms with Crippen LogP contribution in [0.25, 0.3) is 0 Å². The average molecular weight is 321 g/mol. The summed E-state index contributed by atoms with van der Waals surface area (Å²) in [6.45, 7) is 11.3. The Kier molecular flexibility index (Phi) is 4.26. The summed E-state index contributed by atoms with van der Waals surface area (Å²) in [5.74, 6) is 5.00.